The predicted molar refractivity (Wildman–Crippen MR) is 126 cm³/mol. The molecule has 1 unspecified atom stereocenters. The van der Waals surface area contributed by atoms with E-state index in [0.717, 1.165) is 38.5 Å². The number of hydrogen-bond donors (Lipinski definition) is 0. The molecule has 182 valence electrons. The number of rotatable bonds is 23. The summed E-state index contributed by atoms with van der Waals surface area (Å²) in [6, 6.07) is 0. The van der Waals surface area contributed by atoms with Crippen LogP contribution in [0.25, 0.3) is 0 Å². The standard InChI is InChI=1S/C25H51FO3S.Na/c1-3-5-7-9-11-13-14-15-16-18-20-22-24-25(26,30(27,28)29)23-21-19-17-12-10-8-6-4-2;/h3-24H2,1-2H3,(H,27,28,29);/q;+1/p-1. The van der Waals surface area contributed by atoms with Gasteiger partial charge in [-0.15, -0.1) is 0 Å². The Morgan fingerprint density at radius 2 is 0.774 bits per heavy atom. The first-order valence-electron chi connectivity index (χ1n) is 13.0. The Morgan fingerprint density at radius 1 is 0.548 bits per heavy atom. The van der Waals surface area contributed by atoms with Gasteiger partial charge < -0.3 is 4.55 Å². The molecule has 0 aromatic carbocycles. The molecule has 0 aliphatic heterocycles. The van der Waals surface area contributed by atoms with Crippen molar-refractivity contribution >= 4 is 10.1 Å². The van der Waals surface area contributed by atoms with Gasteiger partial charge in [-0.2, -0.15) is 0 Å². The van der Waals surface area contributed by atoms with Crippen LogP contribution in [0.1, 0.15) is 155 Å². The molecule has 0 rings (SSSR count). The van der Waals surface area contributed by atoms with Gasteiger partial charge in [0, 0.05) is 0 Å². The molecule has 0 aliphatic carbocycles. The average molecular weight is 473 g/mol. The normalized spacial score (nSPS) is 13.7. The van der Waals surface area contributed by atoms with Crippen LogP contribution < -0.4 is 29.6 Å². The molecule has 0 N–H and O–H groups in total. The molecule has 6 heteroatoms. The molecule has 0 radical (unpaired) electrons. The van der Waals surface area contributed by atoms with E-state index >= 15 is 0 Å². The van der Waals surface area contributed by atoms with Gasteiger partial charge in [-0.3, -0.25) is 0 Å². The number of alkyl halides is 1. The molecule has 0 heterocycles. The molecule has 0 spiro atoms. The van der Waals surface area contributed by atoms with E-state index < -0.39 is 15.1 Å². The Kier molecular flexibility index (Phi) is 24.8. The summed E-state index contributed by atoms with van der Waals surface area (Å²) in [6.07, 6.45) is 21.9. The van der Waals surface area contributed by atoms with Crippen molar-refractivity contribution < 1.29 is 46.9 Å². The molecule has 3 nitrogen and oxygen atoms in total. The monoisotopic (exact) mass is 472 g/mol. The fourth-order valence-electron chi connectivity index (χ4n) is 4.13. The van der Waals surface area contributed by atoms with Crippen molar-refractivity contribution in [3.8, 4) is 0 Å². The second-order valence-corrected chi connectivity index (χ2v) is 10.8. The molecule has 0 aromatic heterocycles. The van der Waals surface area contributed by atoms with E-state index in [2.05, 4.69) is 13.8 Å². The van der Waals surface area contributed by atoms with Crippen molar-refractivity contribution in [2.75, 3.05) is 0 Å². The van der Waals surface area contributed by atoms with Gasteiger partial charge in [0.25, 0.3) is 0 Å². The minimum atomic E-state index is -4.90. The summed E-state index contributed by atoms with van der Waals surface area (Å²) in [5, 5.41) is -2.56. The van der Waals surface area contributed by atoms with Crippen molar-refractivity contribution in [1.29, 1.82) is 0 Å². The van der Waals surface area contributed by atoms with Gasteiger partial charge >= 0.3 is 29.6 Å². The van der Waals surface area contributed by atoms with Gasteiger partial charge in [0.1, 0.15) is 10.1 Å². The molecule has 31 heavy (non-hydrogen) atoms. The van der Waals surface area contributed by atoms with E-state index in [1.807, 2.05) is 0 Å². The third-order valence-electron chi connectivity index (χ3n) is 6.26. The second-order valence-electron chi connectivity index (χ2n) is 9.20. The molecule has 0 bridgehead atoms. The molecule has 0 saturated carbocycles. The van der Waals surface area contributed by atoms with E-state index in [1.54, 1.807) is 0 Å². The molecular formula is C25H50FNaO3S. The predicted octanol–water partition coefficient (Wildman–Crippen LogP) is 5.82. The molecule has 0 saturated heterocycles. The summed E-state index contributed by atoms with van der Waals surface area (Å²) in [6.45, 7) is 4.41. The molecule has 1 atom stereocenters. The summed E-state index contributed by atoms with van der Waals surface area (Å²) in [4.78, 5) is 0. The van der Waals surface area contributed by atoms with Crippen molar-refractivity contribution in [2.24, 2.45) is 0 Å². The van der Waals surface area contributed by atoms with Crippen LogP contribution in [0, 0.1) is 0 Å². The number of hydrogen-bond acceptors (Lipinski definition) is 3. The summed E-state index contributed by atoms with van der Waals surface area (Å²) < 4.78 is 49.4. The Balaban J connectivity index is 0. The van der Waals surface area contributed by atoms with Crippen molar-refractivity contribution in [3.63, 3.8) is 0 Å². The molecule has 0 aromatic rings. The van der Waals surface area contributed by atoms with Gasteiger partial charge in [-0.05, 0) is 25.7 Å². The molecule has 0 amide bonds. The summed E-state index contributed by atoms with van der Waals surface area (Å²) >= 11 is 0. The van der Waals surface area contributed by atoms with Crippen molar-refractivity contribution in [1.82, 2.24) is 0 Å². The van der Waals surface area contributed by atoms with Gasteiger partial charge in [-0.1, -0.05) is 129 Å². The minimum Gasteiger partial charge on any atom is -0.745 e. The van der Waals surface area contributed by atoms with Gasteiger partial charge in [-0.25, -0.2) is 12.8 Å². The van der Waals surface area contributed by atoms with Crippen molar-refractivity contribution in [3.05, 3.63) is 0 Å². The first-order chi connectivity index (χ1) is 14.4. The van der Waals surface area contributed by atoms with E-state index in [9.17, 15) is 17.4 Å². The Morgan fingerprint density at radius 3 is 1.00 bits per heavy atom. The first-order valence-corrected chi connectivity index (χ1v) is 14.4. The van der Waals surface area contributed by atoms with E-state index in [4.69, 9.17) is 0 Å². The zero-order chi connectivity index (χ0) is 22.6. The van der Waals surface area contributed by atoms with Crippen LogP contribution in [0.4, 0.5) is 4.39 Å². The molecule has 0 aliphatic rings. The maximum atomic E-state index is 14.9. The van der Waals surface area contributed by atoms with Crippen LogP contribution in [0.15, 0.2) is 0 Å². The fraction of sp³-hybridized carbons (Fsp3) is 1.00. The Hall–Kier alpha value is 0.840. The van der Waals surface area contributed by atoms with Crippen LogP contribution in [-0.4, -0.2) is 18.0 Å². The molecule has 0 fully saturated rings. The third kappa shape index (κ3) is 20.0. The number of unbranched alkanes of at least 4 members (excludes halogenated alkanes) is 18. The smallest absolute Gasteiger partial charge is 0.745 e. The average Bonchev–Trinajstić information content (AvgIpc) is 2.70. The number of halogens is 1. The minimum absolute atomic E-state index is 0. The van der Waals surface area contributed by atoms with E-state index in [-0.39, 0.29) is 42.4 Å². The van der Waals surface area contributed by atoms with Crippen molar-refractivity contribution in [2.45, 2.75) is 160 Å². The summed E-state index contributed by atoms with van der Waals surface area (Å²) in [7, 11) is -4.90. The van der Waals surface area contributed by atoms with Gasteiger partial charge in [0.15, 0.2) is 5.00 Å². The molecular weight excluding hydrogens is 422 g/mol. The summed E-state index contributed by atoms with van der Waals surface area (Å²) in [5.41, 5.74) is 0. The topological polar surface area (TPSA) is 57.2 Å². The van der Waals surface area contributed by atoms with Crippen LogP contribution in [0.2, 0.25) is 0 Å². The van der Waals surface area contributed by atoms with E-state index in [0.29, 0.717) is 12.8 Å². The first kappa shape index (κ1) is 34.0. The maximum Gasteiger partial charge on any atom is 1.00 e. The SMILES string of the molecule is CCCCCCCCCCCCCCC(F)(CCCCCCCCCC)S(=O)(=O)[O-].[Na+]. The van der Waals surface area contributed by atoms with E-state index in [1.165, 1.54) is 77.0 Å². The van der Waals surface area contributed by atoms with Gasteiger partial charge in [0.05, 0.1) is 0 Å². The second kappa shape index (κ2) is 22.6. The van der Waals surface area contributed by atoms with Gasteiger partial charge in [0.2, 0.25) is 0 Å². The largest absolute Gasteiger partial charge is 1.00 e. The van der Waals surface area contributed by atoms with Crippen LogP contribution >= 0.6 is 0 Å². The van der Waals surface area contributed by atoms with Crippen LogP contribution in [-0.2, 0) is 10.1 Å². The fourth-order valence-corrected chi connectivity index (χ4v) is 4.92. The van der Waals surface area contributed by atoms with Crippen LogP contribution in [0.3, 0.4) is 0 Å². The zero-order valence-corrected chi connectivity index (χ0v) is 23.9. The third-order valence-corrected chi connectivity index (χ3v) is 7.56. The zero-order valence-electron chi connectivity index (χ0n) is 21.1. The maximum absolute atomic E-state index is 14.9. The Bertz CT molecular complexity index is 473. The van der Waals surface area contributed by atoms with Crippen LogP contribution in [0.5, 0.6) is 0 Å². The summed E-state index contributed by atoms with van der Waals surface area (Å²) in [5.74, 6) is 0. The Labute approximate surface area is 216 Å². The quantitative estimate of drug-likeness (QED) is 0.107.